The molecule has 1 atom stereocenters. The number of hydrogen-bond donors (Lipinski definition) is 2. The Morgan fingerprint density at radius 3 is 2.45 bits per heavy atom. The van der Waals surface area contributed by atoms with Gasteiger partial charge in [-0.25, -0.2) is 4.79 Å². The number of amides is 1. The highest BCUT2D eigenvalue weighted by Gasteiger charge is 2.24. The van der Waals surface area contributed by atoms with Crippen molar-refractivity contribution in [3.8, 4) is 0 Å². The fourth-order valence-corrected chi connectivity index (χ4v) is 3.90. The Labute approximate surface area is 176 Å². The third-order valence-electron chi connectivity index (χ3n) is 5.46. The van der Waals surface area contributed by atoms with Crippen molar-refractivity contribution in [2.75, 3.05) is 6.54 Å². The van der Waals surface area contributed by atoms with Crippen molar-refractivity contribution in [1.82, 2.24) is 14.5 Å². The lowest BCUT2D eigenvalue weighted by Crippen LogP contribution is -2.49. The van der Waals surface area contributed by atoms with Gasteiger partial charge in [-0.15, -0.1) is 12.4 Å². The van der Waals surface area contributed by atoms with Crippen molar-refractivity contribution in [1.29, 1.82) is 0 Å². The van der Waals surface area contributed by atoms with Crippen LogP contribution in [0.25, 0.3) is 0 Å². The second-order valence-electron chi connectivity index (χ2n) is 7.44. The van der Waals surface area contributed by atoms with E-state index in [-0.39, 0.29) is 30.9 Å². The highest BCUT2D eigenvalue weighted by atomic mass is 35.5. The molecule has 1 aromatic heterocycles. The number of benzene rings is 1. The topological polar surface area (TPSA) is 99.1 Å². The Kier molecular flexibility index (Phi) is 8.67. The molecule has 158 valence electrons. The van der Waals surface area contributed by atoms with Gasteiger partial charge in [0.2, 0.25) is 5.91 Å². The van der Waals surface area contributed by atoms with Crippen LogP contribution in [0.1, 0.15) is 37.7 Å². The van der Waals surface area contributed by atoms with Crippen LogP contribution in [0.2, 0.25) is 0 Å². The minimum absolute atomic E-state index is 0. The summed E-state index contributed by atoms with van der Waals surface area (Å²) in [5.74, 6) is 0.0163. The van der Waals surface area contributed by atoms with Crippen LogP contribution in [-0.2, 0) is 17.9 Å². The molecule has 3 rings (SSSR count). The van der Waals surface area contributed by atoms with Gasteiger partial charge in [0.25, 0.3) is 5.56 Å². The summed E-state index contributed by atoms with van der Waals surface area (Å²) in [4.78, 5) is 37.4. The van der Waals surface area contributed by atoms with Crippen LogP contribution in [0.4, 0.5) is 0 Å². The summed E-state index contributed by atoms with van der Waals surface area (Å²) >= 11 is 0. The molecule has 1 saturated carbocycles. The minimum Gasteiger partial charge on any atom is -0.350 e. The maximum absolute atomic E-state index is 12.7. The summed E-state index contributed by atoms with van der Waals surface area (Å²) in [7, 11) is 0. The Bertz CT molecular complexity index is 904. The number of aromatic nitrogens is 2. The molecule has 0 bridgehead atoms. The minimum atomic E-state index is -0.492. The molecule has 1 fully saturated rings. The largest absolute Gasteiger partial charge is 0.350 e. The molecule has 1 amide bonds. The van der Waals surface area contributed by atoms with Gasteiger partial charge in [-0.05, 0) is 24.3 Å². The van der Waals surface area contributed by atoms with Crippen molar-refractivity contribution in [2.24, 2.45) is 11.7 Å². The van der Waals surface area contributed by atoms with E-state index in [1.165, 1.54) is 23.3 Å². The molecule has 1 aliphatic carbocycles. The van der Waals surface area contributed by atoms with Crippen molar-refractivity contribution >= 4 is 18.3 Å². The number of carbonyl (C=O) groups excluding carboxylic acids is 1. The molecule has 7 nitrogen and oxygen atoms in total. The number of halogens is 1. The second-order valence-corrected chi connectivity index (χ2v) is 7.44. The highest BCUT2D eigenvalue weighted by Crippen LogP contribution is 2.26. The van der Waals surface area contributed by atoms with Gasteiger partial charge in [0, 0.05) is 24.8 Å². The van der Waals surface area contributed by atoms with Crippen LogP contribution in [0.3, 0.4) is 0 Å². The molecule has 0 spiro atoms. The zero-order valence-corrected chi connectivity index (χ0v) is 17.3. The van der Waals surface area contributed by atoms with Crippen LogP contribution < -0.4 is 22.3 Å². The summed E-state index contributed by atoms with van der Waals surface area (Å²) in [6.45, 7) is 0.407. The van der Waals surface area contributed by atoms with E-state index < -0.39 is 11.2 Å². The number of carbonyl (C=O) groups is 1. The third-order valence-corrected chi connectivity index (χ3v) is 5.46. The fraction of sp³-hybridized carbons (Fsp3) is 0.476. The van der Waals surface area contributed by atoms with Gasteiger partial charge in [0.15, 0.2) is 0 Å². The van der Waals surface area contributed by atoms with Gasteiger partial charge in [0.05, 0.1) is 6.54 Å². The summed E-state index contributed by atoms with van der Waals surface area (Å²) in [6, 6.07) is 10.7. The molecule has 1 unspecified atom stereocenters. The number of nitrogens with zero attached hydrogens (tertiary/aromatic N) is 2. The van der Waals surface area contributed by atoms with Crippen LogP contribution in [0.5, 0.6) is 0 Å². The Balaban J connectivity index is 0.00000300. The number of rotatable bonds is 7. The predicted octanol–water partition coefficient (Wildman–Crippen LogP) is 1.50. The van der Waals surface area contributed by atoms with E-state index in [9.17, 15) is 14.4 Å². The van der Waals surface area contributed by atoms with Gasteiger partial charge < -0.3 is 11.1 Å². The number of hydrogen-bond acceptors (Lipinski definition) is 4. The first-order valence-corrected chi connectivity index (χ1v) is 9.92. The average Bonchev–Trinajstić information content (AvgIpc) is 2.73. The molecule has 2 aromatic rings. The van der Waals surface area contributed by atoms with E-state index in [4.69, 9.17) is 5.73 Å². The first kappa shape index (κ1) is 22.9. The first-order chi connectivity index (χ1) is 13.6. The van der Waals surface area contributed by atoms with Gasteiger partial charge in [-0.1, -0.05) is 49.6 Å². The van der Waals surface area contributed by atoms with Crippen LogP contribution in [-0.4, -0.2) is 27.6 Å². The van der Waals surface area contributed by atoms with Crippen molar-refractivity contribution in [3.05, 3.63) is 69.0 Å². The summed E-state index contributed by atoms with van der Waals surface area (Å²) < 4.78 is 2.41. The predicted molar refractivity (Wildman–Crippen MR) is 115 cm³/mol. The molecular weight excluding hydrogens is 392 g/mol. The molecule has 0 radical (unpaired) electrons. The van der Waals surface area contributed by atoms with Gasteiger partial charge in [-0.3, -0.25) is 18.7 Å². The van der Waals surface area contributed by atoms with Gasteiger partial charge in [-0.2, -0.15) is 0 Å². The van der Waals surface area contributed by atoms with Crippen LogP contribution in [0.15, 0.2) is 52.2 Å². The highest BCUT2D eigenvalue weighted by molar-refractivity contribution is 5.85. The fourth-order valence-electron chi connectivity index (χ4n) is 3.90. The molecule has 0 saturated heterocycles. The smallest absolute Gasteiger partial charge is 0.331 e. The molecule has 1 aliphatic rings. The summed E-state index contributed by atoms with van der Waals surface area (Å²) in [5, 5.41) is 2.94. The van der Waals surface area contributed by atoms with E-state index in [1.54, 1.807) is 0 Å². The van der Waals surface area contributed by atoms with Crippen molar-refractivity contribution in [2.45, 2.75) is 51.2 Å². The molecule has 0 aliphatic heterocycles. The summed E-state index contributed by atoms with van der Waals surface area (Å²) in [6.07, 6.45) is 7.10. The maximum Gasteiger partial charge on any atom is 0.331 e. The maximum atomic E-state index is 12.7. The van der Waals surface area contributed by atoms with Crippen molar-refractivity contribution < 1.29 is 4.79 Å². The van der Waals surface area contributed by atoms with E-state index >= 15 is 0 Å². The quantitative estimate of drug-likeness (QED) is 0.709. The zero-order chi connectivity index (χ0) is 19.9. The SMILES string of the molecule is Cl.NCC(NC(=O)Cn1c(=O)ccn(Cc2ccccc2)c1=O)C1CCCCC1. The Morgan fingerprint density at radius 2 is 1.79 bits per heavy atom. The number of nitrogens with two attached hydrogens (primary N) is 1. The zero-order valence-electron chi connectivity index (χ0n) is 16.5. The van der Waals surface area contributed by atoms with Gasteiger partial charge >= 0.3 is 5.69 Å². The van der Waals surface area contributed by atoms with E-state index in [0.29, 0.717) is 19.0 Å². The molecule has 8 heteroatoms. The molecule has 1 heterocycles. The third kappa shape index (κ3) is 6.05. The lowest BCUT2D eigenvalue weighted by Gasteiger charge is -2.30. The molecular formula is C21H29ClN4O3. The lowest BCUT2D eigenvalue weighted by atomic mass is 9.84. The van der Waals surface area contributed by atoms with Crippen LogP contribution in [0, 0.1) is 5.92 Å². The molecule has 3 N–H and O–H groups in total. The lowest BCUT2D eigenvalue weighted by molar-refractivity contribution is -0.122. The van der Waals surface area contributed by atoms with Crippen LogP contribution >= 0.6 is 12.4 Å². The standard InChI is InChI=1S/C21H28N4O3.ClH/c22-13-18(17-9-5-2-6-10-17)23-19(26)15-25-20(27)11-12-24(21(25)28)14-16-7-3-1-4-8-16;/h1,3-4,7-8,11-12,17-18H,2,5-6,9-10,13-15,22H2,(H,23,26);1H. The summed E-state index contributed by atoms with van der Waals surface area (Å²) in [5.41, 5.74) is 5.84. The molecule has 29 heavy (non-hydrogen) atoms. The van der Waals surface area contributed by atoms with E-state index in [1.807, 2.05) is 30.3 Å². The van der Waals surface area contributed by atoms with Gasteiger partial charge in [0.1, 0.15) is 6.54 Å². The monoisotopic (exact) mass is 420 g/mol. The van der Waals surface area contributed by atoms with Crippen molar-refractivity contribution in [3.63, 3.8) is 0 Å². The Morgan fingerprint density at radius 1 is 1.10 bits per heavy atom. The van der Waals surface area contributed by atoms with E-state index in [0.717, 1.165) is 35.8 Å². The normalized spacial score (nSPS) is 15.3. The number of nitrogens with one attached hydrogen (secondary N) is 1. The average molecular weight is 421 g/mol. The Hall–Kier alpha value is -2.38. The first-order valence-electron chi connectivity index (χ1n) is 9.92. The van der Waals surface area contributed by atoms with E-state index in [2.05, 4.69) is 5.32 Å². The second kappa shape index (κ2) is 11.0. The molecule has 1 aromatic carbocycles.